The Labute approximate surface area is 165 Å². The van der Waals surface area contributed by atoms with E-state index in [2.05, 4.69) is 20.1 Å². The molecule has 6 fully saturated rings. The SMILES string of the molecule is C=CC(=O)O[C@@H]1CC2[C@@]3(C)CCC[C@@]2(C(=O)OC3)C2C[C@@H]3CCC21C(=O)C3=C. The average molecular weight is 384 g/mol. The maximum absolute atomic E-state index is 13.6. The van der Waals surface area contributed by atoms with Crippen LogP contribution >= 0.6 is 0 Å². The molecule has 1 saturated heterocycles. The smallest absolute Gasteiger partial charge is 0.330 e. The Morgan fingerprint density at radius 2 is 1.96 bits per heavy atom. The first-order valence-corrected chi connectivity index (χ1v) is 10.5. The molecule has 0 N–H and O–H groups in total. The van der Waals surface area contributed by atoms with E-state index in [0.29, 0.717) is 25.0 Å². The van der Waals surface area contributed by atoms with Gasteiger partial charge in [-0.15, -0.1) is 0 Å². The van der Waals surface area contributed by atoms with Crippen LogP contribution in [0.5, 0.6) is 0 Å². The summed E-state index contributed by atoms with van der Waals surface area (Å²) in [6, 6.07) is 0. The molecule has 0 amide bonds. The van der Waals surface area contributed by atoms with Crippen LogP contribution in [-0.2, 0) is 23.9 Å². The van der Waals surface area contributed by atoms with Crippen molar-refractivity contribution in [2.75, 3.05) is 6.61 Å². The van der Waals surface area contributed by atoms with Crippen molar-refractivity contribution < 1.29 is 23.9 Å². The van der Waals surface area contributed by atoms with Crippen molar-refractivity contribution in [2.45, 2.75) is 58.0 Å². The lowest BCUT2D eigenvalue weighted by Crippen LogP contribution is -2.73. The maximum atomic E-state index is 13.6. The van der Waals surface area contributed by atoms with Gasteiger partial charge in [0.25, 0.3) is 0 Å². The molecule has 0 aromatic carbocycles. The number of cyclic esters (lactones) is 1. The molecule has 6 rings (SSSR count). The monoisotopic (exact) mass is 384 g/mol. The molecule has 1 spiro atoms. The van der Waals surface area contributed by atoms with Crippen LogP contribution in [0.25, 0.3) is 0 Å². The highest BCUT2D eigenvalue weighted by Crippen LogP contribution is 2.73. The molecule has 150 valence electrons. The zero-order valence-corrected chi connectivity index (χ0v) is 16.5. The van der Waals surface area contributed by atoms with Crippen LogP contribution in [0.4, 0.5) is 0 Å². The minimum Gasteiger partial charge on any atom is -0.465 e. The van der Waals surface area contributed by atoms with Crippen LogP contribution in [0.2, 0.25) is 0 Å². The van der Waals surface area contributed by atoms with Gasteiger partial charge in [-0.2, -0.15) is 0 Å². The predicted molar refractivity (Wildman–Crippen MR) is 101 cm³/mol. The highest BCUT2D eigenvalue weighted by Gasteiger charge is 2.76. The van der Waals surface area contributed by atoms with E-state index in [1.165, 1.54) is 6.08 Å². The van der Waals surface area contributed by atoms with Gasteiger partial charge in [-0.05, 0) is 61.9 Å². The molecule has 5 nitrogen and oxygen atoms in total. The zero-order chi connectivity index (χ0) is 19.9. The van der Waals surface area contributed by atoms with Crippen molar-refractivity contribution in [1.82, 2.24) is 0 Å². The van der Waals surface area contributed by atoms with E-state index in [1.54, 1.807) is 0 Å². The lowest BCUT2D eigenvalue weighted by molar-refractivity contribution is -0.257. The molecule has 5 aliphatic carbocycles. The molecule has 5 heteroatoms. The molecule has 0 aromatic rings. The standard InChI is InChI=1S/C23H28O5/c1-4-18(24)28-17-11-15-21(3)7-5-8-22(15,20(26)27-12-21)16-10-14-6-9-23(16,17)19(25)13(14)2/h4,14-17H,1-2,5-12H2,3H3/t14-,15?,16?,17+,21-,22-,23?/m0/s1. The van der Waals surface area contributed by atoms with Crippen molar-refractivity contribution in [3.8, 4) is 0 Å². The summed E-state index contributed by atoms with van der Waals surface area (Å²) in [5.74, 6) is -0.530. The number of hydrogen-bond acceptors (Lipinski definition) is 5. The van der Waals surface area contributed by atoms with Crippen molar-refractivity contribution in [3.05, 3.63) is 24.8 Å². The third-order valence-electron chi connectivity index (χ3n) is 9.04. The second-order valence-corrected chi connectivity index (χ2v) is 9.96. The summed E-state index contributed by atoms with van der Waals surface area (Å²) in [4.78, 5) is 39.1. The van der Waals surface area contributed by atoms with E-state index in [-0.39, 0.29) is 34.9 Å². The zero-order valence-electron chi connectivity index (χ0n) is 16.5. The molecular weight excluding hydrogens is 356 g/mol. The van der Waals surface area contributed by atoms with Gasteiger partial charge in [0.1, 0.15) is 6.10 Å². The van der Waals surface area contributed by atoms with Crippen molar-refractivity contribution in [2.24, 2.45) is 34.0 Å². The molecule has 3 unspecified atom stereocenters. The van der Waals surface area contributed by atoms with Crippen molar-refractivity contribution in [1.29, 1.82) is 0 Å². The number of fused-ring (bicyclic) bond motifs is 2. The topological polar surface area (TPSA) is 69.7 Å². The first-order valence-electron chi connectivity index (χ1n) is 10.5. The summed E-state index contributed by atoms with van der Waals surface area (Å²) < 4.78 is 11.6. The fourth-order valence-corrected chi connectivity index (χ4v) is 7.83. The van der Waals surface area contributed by atoms with Gasteiger partial charge in [-0.25, -0.2) is 4.79 Å². The molecule has 1 aliphatic heterocycles. The fourth-order valence-electron chi connectivity index (χ4n) is 7.83. The number of Topliss-reactive ketones (excluding diaryl/α,β-unsaturated/α-hetero) is 1. The van der Waals surface area contributed by atoms with Gasteiger partial charge in [0.2, 0.25) is 0 Å². The number of ketones is 1. The Kier molecular flexibility index (Phi) is 3.61. The summed E-state index contributed by atoms with van der Waals surface area (Å²) >= 11 is 0. The highest BCUT2D eigenvalue weighted by molar-refractivity contribution is 6.03. The number of allylic oxidation sites excluding steroid dienone is 1. The molecule has 28 heavy (non-hydrogen) atoms. The summed E-state index contributed by atoms with van der Waals surface area (Å²) in [5.41, 5.74) is -0.934. The molecular formula is C23H28O5. The number of hydrogen-bond donors (Lipinski definition) is 0. The third-order valence-corrected chi connectivity index (χ3v) is 9.04. The second-order valence-electron chi connectivity index (χ2n) is 9.96. The number of carbonyl (C=O) groups is 3. The summed E-state index contributed by atoms with van der Waals surface area (Å²) in [6.07, 6.45) is 6.25. The van der Waals surface area contributed by atoms with Gasteiger partial charge in [0, 0.05) is 11.5 Å². The van der Waals surface area contributed by atoms with Gasteiger partial charge in [0.05, 0.1) is 17.4 Å². The highest BCUT2D eigenvalue weighted by atomic mass is 16.5. The Hall–Kier alpha value is -1.91. The number of rotatable bonds is 2. The van der Waals surface area contributed by atoms with E-state index in [9.17, 15) is 14.4 Å². The first kappa shape index (κ1) is 18.1. The molecule has 7 atom stereocenters. The van der Waals surface area contributed by atoms with Crippen molar-refractivity contribution in [3.63, 3.8) is 0 Å². The van der Waals surface area contributed by atoms with E-state index >= 15 is 0 Å². The summed E-state index contributed by atoms with van der Waals surface area (Å²) in [7, 11) is 0. The van der Waals surface area contributed by atoms with Gasteiger partial charge in [-0.1, -0.05) is 26.5 Å². The van der Waals surface area contributed by atoms with Crippen molar-refractivity contribution >= 4 is 17.7 Å². The molecule has 1 heterocycles. The Morgan fingerprint density at radius 1 is 1.18 bits per heavy atom. The molecule has 0 radical (unpaired) electrons. The molecule has 6 aliphatic rings. The lowest BCUT2D eigenvalue weighted by atomic mass is 9.35. The minimum absolute atomic E-state index is 0.0142. The quantitative estimate of drug-likeness (QED) is 0.539. The third kappa shape index (κ3) is 1.91. The molecule has 4 bridgehead atoms. The van der Waals surface area contributed by atoms with Gasteiger partial charge in [0.15, 0.2) is 5.78 Å². The summed E-state index contributed by atoms with van der Waals surface area (Å²) in [5, 5.41) is 0. The number of ether oxygens (including phenoxy) is 2. The van der Waals surface area contributed by atoms with Crippen LogP contribution in [0, 0.1) is 34.0 Å². The number of carbonyl (C=O) groups excluding carboxylic acids is 3. The molecule has 5 saturated carbocycles. The fraction of sp³-hybridized carbons (Fsp3) is 0.696. The van der Waals surface area contributed by atoms with Crippen LogP contribution in [-0.4, -0.2) is 30.4 Å². The Morgan fingerprint density at radius 3 is 2.71 bits per heavy atom. The summed E-state index contributed by atoms with van der Waals surface area (Å²) in [6.45, 7) is 10.2. The van der Waals surface area contributed by atoms with Crippen LogP contribution in [0.3, 0.4) is 0 Å². The van der Waals surface area contributed by atoms with Gasteiger partial charge >= 0.3 is 11.9 Å². The number of esters is 2. The van der Waals surface area contributed by atoms with Gasteiger partial charge in [-0.3, -0.25) is 9.59 Å². The largest absolute Gasteiger partial charge is 0.465 e. The van der Waals surface area contributed by atoms with Crippen LogP contribution in [0.1, 0.15) is 51.9 Å². The first-order chi connectivity index (χ1) is 13.3. The maximum Gasteiger partial charge on any atom is 0.330 e. The lowest BCUT2D eigenvalue weighted by Gasteiger charge is -2.69. The van der Waals surface area contributed by atoms with E-state index < -0.39 is 22.9 Å². The van der Waals surface area contributed by atoms with Crippen LogP contribution in [0.15, 0.2) is 24.8 Å². The predicted octanol–water partition coefficient (Wildman–Crippen LogP) is 3.38. The van der Waals surface area contributed by atoms with E-state index in [1.807, 2.05) is 0 Å². The van der Waals surface area contributed by atoms with Gasteiger partial charge < -0.3 is 9.47 Å². The normalized spacial score (nSPS) is 49.0. The Bertz CT molecular complexity index is 814. The van der Waals surface area contributed by atoms with E-state index in [0.717, 1.165) is 32.1 Å². The van der Waals surface area contributed by atoms with Crippen LogP contribution < -0.4 is 0 Å². The second kappa shape index (κ2) is 5.58. The average Bonchev–Trinajstić information content (AvgIpc) is 2.69. The minimum atomic E-state index is -0.838. The van der Waals surface area contributed by atoms with E-state index in [4.69, 9.17) is 9.47 Å². The molecule has 0 aromatic heterocycles. The Balaban J connectivity index is 1.70.